The van der Waals surface area contributed by atoms with Gasteiger partial charge in [0.1, 0.15) is 17.5 Å². The van der Waals surface area contributed by atoms with Gasteiger partial charge in [0.2, 0.25) is 0 Å². The van der Waals surface area contributed by atoms with Gasteiger partial charge in [-0.3, -0.25) is 0 Å². The topological polar surface area (TPSA) is 74.6 Å². The lowest BCUT2D eigenvalue weighted by Crippen LogP contribution is -2.09. The molecule has 0 spiro atoms. The molecule has 8 heteroatoms. The van der Waals surface area contributed by atoms with Crippen LogP contribution in [0.5, 0.6) is 5.75 Å². The molecule has 0 unspecified atom stereocenters. The van der Waals surface area contributed by atoms with Crippen molar-refractivity contribution in [1.82, 2.24) is 15.4 Å². The summed E-state index contributed by atoms with van der Waals surface area (Å²) < 4.78 is 41.3. The molecule has 2 aromatic rings. The van der Waals surface area contributed by atoms with E-state index in [2.05, 4.69) is 15.4 Å². The highest BCUT2D eigenvalue weighted by Crippen LogP contribution is 2.25. The summed E-state index contributed by atoms with van der Waals surface area (Å²) >= 11 is 0. The van der Waals surface area contributed by atoms with Crippen molar-refractivity contribution < 1.29 is 17.9 Å². The van der Waals surface area contributed by atoms with Crippen LogP contribution in [0.2, 0.25) is 0 Å². The van der Waals surface area contributed by atoms with E-state index in [0.717, 1.165) is 0 Å². The van der Waals surface area contributed by atoms with Crippen molar-refractivity contribution in [3.8, 4) is 23.1 Å². The molecule has 0 aliphatic rings. The zero-order chi connectivity index (χ0) is 15.3. The minimum atomic E-state index is -4.17. The third-order valence-corrected chi connectivity index (χ3v) is 2.63. The summed E-state index contributed by atoms with van der Waals surface area (Å²) in [6.07, 6.45) is -5.16. The molecular formula is C13H11F3N4O. The minimum Gasteiger partial charge on any atom is -0.494 e. The molecule has 0 aliphatic heterocycles. The Morgan fingerprint density at radius 2 is 2.10 bits per heavy atom. The molecule has 0 amide bonds. The second-order valence-electron chi connectivity index (χ2n) is 4.23. The van der Waals surface area contributed by atoms with E-state index in [4.69, 9.17) is 10.00 Å². The second-order valence-corrected chi connectivity index (χ2v) is 4.23. The van der Waals surface area contributed by atoms with Crippen molar-refractivity contribution in [2.75, 3.05) is 6.61 Å². The highest BCUT2D eigenvalue weighted by molar-refractivity contribution is 5.65. The number of nitrogens with one attached hydrogen (secondary N) is 1. The highest BCUT2D eigenvalue weighted by atomic mass is 19.4. The van der Waals surface area contributed by atoms with Crippen LogP contribution in [0.1, 0.15) is 18.5 Å². The third kappa shape index (κ3) is 4.21. The van der Waals surface area contributed by atoms with Gasteiger partial charge in [0, 0.05) is 12.0 Å². The number of ether oxygens (including phenoxy) is 1. The molecule has 1 aromatic carbocycles. The monoisotopic (exact) mass is 296 g/mol. The van der Waals surface area contributed by atoms with Gasteiger partial charge >= 0.3 is 6.18 Å². The van der Waals surface area contributed by atoms with Crippen molar-refractivity contribution in [3.05, 3.63) is 30.0 Å². The Labute approximate surface area is 118 Å². The molecule has 0 saturated carbocycles. The molecule has 0 fully saturated rings. The van der Waals surface area contributed by atoms with Gasteiger partial charge in [0.15, 0.2) is 5.69 Å². The molecule has 21 heavy (non-hydrogen) atoms. The molecule has 0 aliphatic carbocycles. The van der Waals surface area contributed by atoms with Gasteiger partial charge in [-0.2, -0.15) is 28.7 Å². The van der Waals surface area contributed by atoms with Crippen molar-refractivity contribution in [2.24, 2.45) is 0 Å². The summed E-state index contributed by atoms with van der Waals surface area (Å²) in [6, 6.07) is 8.50. The van der Waals surface area contributed by atoms with Gasteiger partial charge in [-0.25, -0.2) is 0 Å². The number of nitrogens with zero attached hydrogens (tertiary/aromatic N) is 3. The summed E-state index contributed by atoms with van der Waals surface area (Å²) in [4.78, 5) is 0. The molecule has 2 rings (SSSR count). The van der Waals surface area contributed by atoms with E-state index in [1.807, 2.05) is 6.07 Å². The van der Waals surface area contributed by atoms with E-state index in [9.17, 15) is 13.2 Å². The van der Waals surface area contributed by atoms with E-state index in [0.29, 0.717) is 17.0 Å². The maximum Gasteiger partial charge on any atom is 0.389 e. The van der Waals surface area contributed by atoms with E-state index < -0.39 is 12.6 Å². The maximum absolute atomic E-state index is 12.0. The number of rotatable bonds is 5. The van der Waals surface area contributed by atoms with Crippen LogP contribution in [0, 0.1) is 11.3 Å². The predicted molar refractivity (Wildman–Crippen MR) is 67.3 cm³/mol. The fraction of sp³-hybridized carbons (Fsp3) is 0.308. The van der Waals surface area contributed by atoms with Crippen LogP contribution >= 0.6 is 0 Å². The summed E-state index contributed by atoms with van der Waals surface area (Å²) in [6.45, 7) is -0.0348. The Hall–Kier alpha value is -2.56. The second kappa shape index (κ2) is 6.26. The SMILES string of the molecule is N#Cc1n[nH]nc1-c1cccc(OCCCC(F)(F)F)c1. The van der Waals surface area contributed by atoms with Crippen LogP contribution in [0.25, 0.3) is 11.3 Å². The predicted octanol–water partition coefficient (Wildman–Crippen LogP) is 3.06. The van der Waals surface area contributed by atoms with Crippen LogP contribution < -0.4 is 4.74 Å². The lowest BCUT2D eigenvalue weighted by Gasteiger charge is -2.08. The number of H-pyrrole nitrogens is 1. The molecule has 0 radical (unpaired) electrons. The standard InChI is InChI=1S/C13H11F3N4O/c14-13(15,16)5-2-6-21-10-4-1-3-9(7-10)12-11(8-17)18-20-19-12/h1,3-4,7H,2,5-6H2,(H,18,19,20). The molecule has 0 atom stereocenters. The highest BCUT2D eigenvalue weighted by Gasteiger charge is 2.26. The first-order valence-corrected chi connectivity index (χ1v) is 6.10. The van der Waals surface area contributed by atoms with E-state index >= 15 is 0 Å². The zero-order valence-corrected chi connectivity index (χ0v) is 10.8. The van der Waals surface area contributed by atoms with Gasteiger partial charge < -0.3 is 4.74 Å². The van der Waals surface area contributed by atoms with Gasteiger partial charge in [-0.1, -0.05) is 12.1 Å². The van der Waals surface area contributed by atoms with E-state index in [-0.39, 0.29) is 18.7 Å². The average molecular weight is 296 g/mol. The van der Waals surface area contributed by atoms with Gasteiger partial charge in [-0.15, -0.1) is 5.10 Å². The van der Waals surface area contributed by atoms with Crippen LogP contribution in [-0.2, 0) is 0 Å². The van der Waals surface area contributed by atoms with Gasteiger partial charge in [0.05, 0.1) is 6.61 Å². The summed E-state index contributed by atoms with van der Waals surface area (Å²) in [5, 5.41) is 18.8. The first-order valence-electron chi connectivity index (χ1n) is 6.10. The normalized spacial score (nSPS) is 11.1. The van der Waals surface area contributed by atoms with Crippen LogP contribution in [0.15, 0.2) is 24.3 Å². The fourth-order valence-corrected chi connectivity index (χ4v) is 1.71. The molecule has 0 bridgehead atoms. The van der Waals surface area contributed by atoms with Crippen molar-refractivity contribution in [1.29, 1.82) is 5.26 Å². The third-order valence-electron chi connectivity index (χ3n) is 2.63. The number of nitriles is 1. The Balaban J connectivity index is 2.00. The summed E-state index contributed by atoms with van der Waals surface area (Å²) in [7, 11) is 0. The molecule has 1 N–H and O–H groups in total. The zero-order valence-electron chi connectivity index (χ0n) is 10.8. The molecule has 5 nitrogen and oxygen atoms in total. The smallest absolute Gasteiger partial charge is 0.389 e. The number of alkyl halides is 3. The number of hydrogen-bond acceptors (Lipinski definition) is 4. The van der Waals surface area contributed by atoms with E-state index in [1.54, 1.807) is 24.3 Å². The Kier molecular flexibility index (Phi) is 4.42. The minimum absolute atomic E-state index is 0.0348. The largest absolute Gasteiger partial charge is 0.494 e. The lowest BCUT2D eigenvalue weighted by molar-refractivity contribution is -0.136. The van der Waals surface area contributed by atoms with Crippen molar-refractivity contribution >= 4 is 0 Å². The van der Waals surface area contributed by atoms with Crippen molar-refractivity contribution in [2.45, 2.75) is 19.0 Å². The lowest BCUT2D eigenvalue weighted by atomic mass is 10.1. The van der Waals surface area contributed by atoms with Crippen LogP contribution in [-0.4, -0.2) is 28.2 Å². The van der Waals surface area contributed by atoms with Crippen LogP contribution in [0.3, 0.4) is 0 Å². The number of benzene rings is 1. The average Bonchev–Trinajstić information content (AvgIpc) is 2.91. The Bertz CT molecular complexity index is 645. The first-order chi connectivity index (χ1) is 9.99. The number of halogens is 3. The number of hydrogen-bond donors (Lipinski definition) is 1. The van der Waals surface area contributed by atoms with Crippen LogP contribution in [0.4, 0.5) is 13.2 Å². The molecule has 0 saturated heterocycles. The molecule has 1 aromatic heterocycles. The Morgan fingerprint density at radius 3 is 2.81 bits per heavy atom. The summed E-state index contributed by atoms with van der Waals surface area (Å²) in [5.41, 5.74) is 1.12. The first kappa shape index (κ1) is 14.8. The molecular weight excluding hydrogens is 285 g/mol. The van der Waals surface area contributed by atoms with Gasteiger partial charge in [0.25, 0.3) is 0 Å². The molecule has 1 heterocycles. The fourth-order valence-electron chi connectivity index (χ4n) is 1.71. The Morgan fingerprint density at radius 1 is 1.29 bits per heavy atom. The summed E-state index contributed by atoms with van der Waals surface area (Å²) in [5.74, 6) is 0.418. The number of aromatic amines is 1. The maximum atomic E-state index is 12.0. The van der Waals surface area contributed by atoms with Gasteiger partial charge in [-0.05, 0) is 18.6 Å². The van der Waals surface area contributed by atoms with Crippen molar-refractivity contribution in [3.63, 3.8) is 0 Å². The number of aromatic nitrogens is 3. The quantitative estimate of drug-likeness (QED) is 0.860. The van der Waals surface area contributed by atoms with E-state index in [1.165, 1.54) is 0 Å². The molecule has 110 valence electrons.